The molecule has 4 heterocycles. The van der Waals surface area contributed by atoms with Gasteiger partial charge in [0.1, 0.15) is 6.04 Å². The van der Waals surface area contributed by atoms with Crippen LogP contribution in [0.4, 0.5) is 0 Å². The van der Waals surface area contributed by atoms with Gasteiger partial charge in [0, 0.05) is 31.1 Å². The summed E-state index contributed by atoms with van der Waals surface area (Å²) in [5.41, 5.74) is 3.70. The third kappa shape index (κ3) is 2.28. The van der Waals surface area contributed by atoms with Crippen LogP contribution >= 0.6 is 11.6 Å². The number of hydrogen-bond donors (Lipinski definition) is 2. The number of aromatic amines is 2. The summed E-state index contributed by atoms with van der Waals surface area (Å²) in [6, 6.07) is 3.48. The average molecular weight is 343 g/mol. The van der Waals surface area contributed by atoms with E-state index in [1.807, 2.05) is 12.1 Å². The van der Waals surface area contributed by atoms with E-state index in [0.29, 0.717) is 23.7 Å². The smallest absolute Gasteiger partial charge is 0.276 e. The second kappa shape index (κ2) is 5.76. The molecule has 3 aromatic heterocycles. The van der Waals surface area contributed by atoms with Gasteiger partial charge >= 0.3 is 0 Å². The van der Waals surface area contributed by atoms with Gasteiger partial charge in [-0.2, -0.15) is 5.10 Å². The summed E-state index contributed by atoms with van der Waals surface area (Å²) in [7, 11) is 0. The van der Waals surface area contributed by atoms with Crippen molar-refractivity contribution in [2.24, 2.45) is 0 Å². The van der Waals surface area contributed by atoms with Gasteiger partial charge in [-0.3, -0.25) is 14.9 Å². The molecule has 2 N–H and O–H groups in total. The molecule has 1 aliphatic rings. The Hall–Kier alpha value is -2.67. The van der Waals surface area contributed by atoms with E-state index in [2.05, 4.69) is 25.1 Å². The number of nitrogens with zero attached hydrogens (tertiary/aromatic N) is 4. The van der Waals surface area contributed by atoms with E-state index in [-0.39, 0.29) is 17.6 Å². The molecule has 1 unspecified atom stereocenters. The molecule has 0 saturated carbocycles. The maximum absolute atomic E-state index is 13.0. The van der Waals surface area contributed by atoms with Gasteiger partial charge in [0.2, 0.25) is 0 Å². The molecule has 0 fully saturated rings. The molecule has 0 saturated heterocycles. The molecular weight excluding hydrogens is 328 g/mol. The minimum absolute atomic E-state index is 0.216. The molecule has 1 amide bonds. The Morgan fingerprint density at radius 1 is 1.46 bits per heavy atom. The van der Waals surface area contributed by atoms with Gasteiger partial charge in [-0.15, -0.1) is 0 Å². The molecule has 24 heavy (non-hydrogen) atoms. The first-order chi connectivity index (χ1) is 11.7. The summed E-state index contributed by atoms with van der Waals surface area (Å²) in [4.78, 5) is 26.6. The largest absolute Gasteiger partial charge is 0.348 e. The highest BCUT2D eigenvalue weighted by atomic mass is 35.5. The van der Waals surface area contributed by atoms with Crippen molar-refractivity contribution < 1.29 is 4.79 Å². The Balaban J connectivity index is 1.79. The zero-order valence-corrected chi connectivity index (χ0v) is 13.7. The summed E-state index contributed by atoms with van der Waals surface area (Å²) >= 11 is 6.22. The van der Waals surface area contributed by atoms with Gasteiger partial charge in [0.15, 0.2) is 5.69 Å². The zero-order chi connectivity index (χ0) is 16.7. The van der Waals surface area contributed by atoms with Gasteiger partial charge in [-0.1, -0.05) is 17.7 Å². The summed E-state index contributed by atoms with van der Waals surface area (Å²) in [6.07, 6.45) is 5.83. The fraction of sp³-hybridized carbons (Fsp3) is 0.250. The Morgan fingerprint density at radius 3 is 3.04 bits per heavy atom. The van der Waals surface area contributed by atoms with Gasteiger partial charge in [-0.05, 0) is 18.6 Å². The lowest BCUT2D eigenvalue weighted by Crippen LogP contribution is -2.41. The highest BCUT2D eigenvalue weighted by Crippen LogP contribution is 2.34. The molecule has 7 nitrogen and oxygen atoms in total. The summed E-state index contributed by atoms with van der Waals surface area (Å²) in [5.74, 6) is -0.216. The number of H-pyrrole nitrogens is 2. The minimum atomic E-state index is -0.311. The number of rotatable bonds is 2. The van der Waals surface area contributed by atoms with Crippen LogP contribution in [0.15, 0.2) is 30.9 Å². The Kier molecular flexibility index (Phi) is 3.57. The van der Waals surface area contributed by atoms with Crippen molar-refractivity contribution in [3.05, 3.63) is 64.2 Å². The van der Waals surface area contributed by atoms with Crippen molar-refractivity contribution in [3.63, 3.8) is 0 Å². The predicted molar refractivity (Wildman–Crippen MR) is 87.7 cm³/mol. The SMILES string of the molecule is Cc1[nH]nc(C(=O)N2CCc3[nH]cnc3C2c2cccnc2)c1Cl. The van der Waals surface area contributed by atoms with Crippen molar-refractivity contribution in [1.29, 1.82) is 0 Å². The first-order valence-corrected chi connectivity index (χ1v) is 7.98. The van der Waals surface area contributed by atoms with E-state index in [1.54, 1.807) is 30.5 Å². The fourth-order valence-electron chi connectivity index (χ4n) is 3.06. The van der Waals surface area contributed by atoms with E-state index in [4.69, 9.17) is 11.6 Å². The van der Waals surface area contributed by atoms with Crippen LogP contribution in [-0.4, -0.2) is 42.5 Å². The minimum Gasteiger partial charge on any atom is -0.348 e. The number of carbonyl (C=O) groups excluding carboxylic acids is 1. The Bertz CT molecular complexity index is 887. The molecule has 1 aliphatic heterocycles. The molecule has 0 aromatic carbocycles. The predicted octanol–water partition coefficient (Wildman–Crippen LogP) is 2.28. The quantitative estimate of drug-likeness (QED) is 0.747. The average Bonchev–Trinajstić information content (AvgIpc) is 3.21. The van der Waals surface area contributed by atoms with E-state index in [9.17, 15) is 4.79 Å². The first kappa shape index (κ1) is 14.9. The van der Waals surface area contributed by atoms with Gasteiger partial charge in [0.05, 0.1) is 22.7 Å². The van der Waals surface area contributed by atoms with Crippen molar-refractivity contribution >= 4 is 17.5 Å². The summed E-state index contributed by atoms with van der Waals surface area (Å²) < 4.78 is 0. The molecule has 0 spiro atoms. The molecule has 8 heteroatoms. The molecule has 122 valence electrons. The van der Waals surface area contributed by atoms with E-state index in [0.717, 1.165) is 17.0 Å². The highest BCUT2D eigenvalue weighted by Gasteiger charge is 2.36. The third-order valence-corrected chi connectivity index (χ3v) is 4.72. The van der Waals surface area contributed by atoms with Crippen LogP contribution in [0.3, 0.4) is 0 Å². The van der Waals surface area contributed by atoms with Crippen LogP contribution < -0.4 is 0 Å². The lowest BCUT2D eigenvalue weighted by molar-refractivity contribution is 0.0684. The summed E-state index contributed by atoms with van der Waals surface area (Å²) in [5, 5.41) is 7.19. The van der Waals surface area contributed by atoms with Crippen LogP contribution in [0.25, 0.3) is 0 Å². The van der Waals surface area contributed by atoms with Crippen LogP contribution in [0.1, 0.15) is 39.2 Å². The number of imidazole rings is 1. The number of halogens is 1. The molecule has 0 aliphatic carbocycles. The fourth-order valence-corrected chi connectivity index (χ4v) is 3.23. The molecule has 1 atom stereocenters. The zero-order valence-electron chi connectivity index (χ0n) is 13.0. The van der Waals surface area contributed by atoms with Crippen molar-refractivity contribution in [1.82, 2.24) is 30.0 Å². The Morgan fingerprint density at radius 2 is 2.33 bits per heavy atom. The molecule has 0 bridgehead atoms. The number of aryl methyl sites for hydroxylation is 1. The number of carbonyl (C=O) groups is 1. The van der Waals surface area contributed by atoms with E-state index >= 15 is 0 Å². The number of pyridine rings is 1. The van der Waals surface area contributed by atoms with Gasteiger partial charge < -0.3 is 9.88 Å². The van der Waals surface area contributed by atoms with Crippen molar-refractivity contribution in [2.45, 2.75) is 19.4 Å². The second-order valence-electron chi connectivity index (χ2n) is 5.71. The lowest BCUT2D eigenvalue weighted by atomic mass is 9.96. The molecule has 3 aromatic rings. The number of fused-ring (bicyclic) bond motifs is 1. The lowest BCUT2D eigenvalue weighted by Gasteiger charge is -2.34. The number of hydrogen-bond acceptors (Lipinski definition) is 4. The van der Waals surface area contributed by atoms with Gasteiger partial charge in [0.25, 0.3) is 5.91 Å². The normalized spacial score (nSPS) is 16.9. The molecular formula is C16H15ClN6O. The van der Waals surface area contributed by atoms with Crippen LogP contribution in [0, 0.1) is 6.92 Å². The highest BCUT2D eigenvalue weighted by molar-refractivity contribution is 6.34. The van der Waals surface area contributed by atoms with Gasteiger partial charge in [-0.25, -0.2) is 4.98 Å². The first-order valence-electron chi connectivity index (χ1n) is 7.60. The van der Waals surface area contributed by atoms with E-state index < -0.39 is 0 Å². The van der Waals surface area contributed by atoms with Crippen molar-refractivity contribution in [2.75, 3.05) is 6.54 Å². The van der Waals surface area contributed by atoms with E-state index in [1.165, 1.54) is 0 Å². The molecule has 4 rings (SSSR count). The standard InChI is InChI=1S/C16H15ClN6O/c1-9-12(17)14(22-21-9)16(24)23-6-4-11-13(20-8-19-11)15(23)10-3-2-5-18-7-10/h2-3,5,7-8,15H,4,6H2,1H3,(H,19,20)(H,21,22). The number of amides is 1. The van der Waals surface area contributed by atoms with Crippen LogP contribution in [-0.2, 0) is 6.42 Å². The van der Waals surface area contributed by atoms with Crippen LogP contribution in [0.2, 0.25) is 5.02 Å². The maximum atomic E-state index is 13.0. The summed E-state index contributed by atoms with van der Waals surface area (Å²) in [6.45, 7) is 2.34. The number of nitrogens with one attached hydrogen (secondary N) is 2. The maximum Gasteiger partial charge on any atom is 0.276 e. The van der Waals surface area contributed by atoms with Crippen molar-refractivity contribution in [3.8, 4) is 0 Å². The Labute approximate surface area is 143 Å². The second-order valence-corrected chi connectivity index (χ2v) is 6.09. The third-order valence-electron chi connectivity index (χ3n) is 4.26. The number of aromatic nitrogens is 5. The topological polar surface area (TPSA) is 90.6 Å². The van der Waals surface area contributed by atoms with Crippen LogP contribution in [0.5, 0.6) is 0 Å². The monoisotopic (exact) mass is 342 g/mol. The molecule has 0 radical (unpaired) electrons.